The standard InChI is InChI=1S/C13H16N4S/c1-8-6-18-12-11(8)15-7-16-13(12)17-4-9-2-14-3-10(9)5-17/h6-7,9-10,14H,2-5H2,1H3/t9-,10+. The second-order valence-electron chi connectivity index (χ2n) is 5.38. The van der Waals surface area contributed by atoms with Crippen LogP contribution in [0.3, 0.4) is 0 Å². The average molecular weight is 260 g/mol. The molecule has 0 saturated carbocycles. The maximum Gasteiger partial charge on any atom is 0.150 e. The first-order valence-corrected chi connectivity index (χ1v) is 7.35. The number of aromatic nitrogens is 2. The van der Waals surface area contributed by atoms with Crippen molar-refractivity contribution in [2.75, 3.05) is 31.1 Å². The van der Waals surface area contributed by atoms with Crippen LogP contribution in [0.2, 0.25) is 0 Å². The summed E-state index contributed by atoms with van der Waals surface area (Å²) >= 11 is 1.77. The van der Waals surface area contributed by atoms with Gasteiger partial charge in [-0.1, -0.05) is 0 Å². The van der Waals surface area contributed by atoms with E-state index >= 15 is 0 Å². The van der Waals surface area contributed by atoms with Crippen LogP contribution in [-0.4, -0.2) is 36.1 Å². The maximum atomic E-state index is 4.53. The fourth-order valence-corrected chi connectivity index (χ4v) is 4.23. The third-order valence-electron chi connectivity index (χ3n) is 4.20. The topological polar surface area (TPSA) is 41.0 Å². The van der Waals surface area contributed by atoms with Crippen molar-refractivity contribution in [1.82, 2.24) is 15.3 Å². The highest BCUT2D eigenvalue weighted by atomic mass is 32.1. The molecule has 0 bridgehead atoms. The summed E-state index contributed by atoms with van der Waals surface area (Å²) in [7, 11) is 0. The lowest BCUT2D eigenvalue weighted by atomic mass is 10.0. The fraction of sp³-hybridized carbons (Fsp3) is 0.538. The molecule has 0 aliphatic carbocycles. The molecule has 0 radical (unpaired) electrons. The van der Waals surface area contributed by atoms with Crippen molar-refractivity contribution in [2.24, 2.45) is 11.8 Å². The monoisotopic (exact) mass is 260 g/mol. The van der Waals surface area contributed by atoms with Crippen molar-refractivity contribution in [3.8, 4) is 0 Å². The first kappa shape index (κ1) is 10.7. The van der Waals surface area contributed by atoms with Gasteiger partial charge in [-0.25, -0.2) is 9.97 Å². The molecular formula is C13H16N4S. The minimum absolute atomic E-state index is 0.802. The molecule has 2 atom stereocenters. The Hall–Kier alpha value is -1.20. The Kier molecular flexibility index (Phi) is 2.32. The number of fused-ring (bicyclic) bond motifs is 2. The van der Waals surface area contributed by atoms with Crippen LogP contribution in [0.5, 0.6) is 0 Å². The van der Waals surface area contributed by atoms with E-state index in [0.717, 1.165) is 36.3 Å². The first-order valence-electron chi connectivity index (χ1n) is 6.47. The van der Waals surface area contributed by atoms with Crippen LogP contribution >= 0.6 is 11.3 Å². The van der Waals surface area contributed by atoms with E-state index in [1.165, 1.54) is 23.4 Å². The lowest BCUT2D eigenvalue weighted by Crippen LogP contribution is -2.26. The molecule has 0 aromatic carbocycles. The summed E-state index contributed by atoms with van der Waals surface area (Å²) in [5, 5.41) is 5.66. The van der Waals surface area contributed by atoms with Gasteiger partial charge in [0, 0.05) is 26.2 Å². The van der Waals surface area contributed by atoms with Crippen LogP contribution in [0.4, 0.5) is 5.82 Å². The third-order valence-corrected chi connectivity index (χ3v) is 5.28. The molecule has 4 nitrogen and oxygen atoms in total. The summed E-state index contributed by atoms with van der Waals surface area (Å²) in [6, 6.07) is 0. The Morgan fingerprint density at radius 2 is 2.06 bits per heavy atom. The number of nitrogens with one attached hydrogen (secondary N) is 1. The van der Waals surface area contributed by atoms with Gasteiger partial charge < -0.3 is 10.2 Å². The SMILES string of the molecule is Cc1csc2c(N3C[C@H]4CNC[C@H]4C3)ncnc12. The van der Waals surface area contributed by atoms with E-state index in [2.05, 4.69) is 32.5 Å². The van der Waals surface area contributed by atoms with Gasteiger partial charge in [0.2, 0.25) is 0 Å². The minimum Gasteiger partial charge on any atom is -0.355 e. The predicted molar refractivity (Wildman–Crippen MR) is 74.2 cm³/mol. The van der Waals surface area contributed by atoms with E-state index in [9.17, 15) is 0 Å². The second kappa shape index (κ2) is 3.90. The molecule has 5 heteroatoms. The van der Waals surface area contributed by atoms with Crippen molar-refractivity contribution >= 4 is 27.4 Å². The number of anilines is 1. The van der Waals surface area contributed by atoms with Crippen LogP contribution in [-0.2, 0) is 0 Å². The van der Waals surface area contributed by atoms with Gasteiger partial charge >= 0.3 is 0 Å². The van der Waals surface area contributed by atoms with Gasteiger partial charge in [-0.05, 0) is 29.7 Å². The van der Waals surface area contributed by atoms with Crippen molar-refractivity contribution in [1.29, 1.82) is 0 Å². The third kappa shape index (κ3) is 1.47. The molecule has 2 saturated heterocycles. The van der Waals surface area contributed by atoms with Gasteiger partial charge in [0.15, 0.2) is 0 Å². The van der Waals surface area contributed by atoms with Crippen molar-refractivity contribution < 1.29 is 0 Å². The molecule has 18 heavy (non-hydrogen) atoms. The summed E-state index contributed by atoms with van der Waals surface area (Å²) in [6.07, 6.45) is 1.71. The predicted octanol–water partition coefficient (Wildman–Crippen LogP) is 1.66. The van der Waals surface area contributed by atoms with Crippen LogP contribution < -0.4 is 10.2 Å². The lowest BCUT2D eigenvalue weighted by molar-refractivity contribution is 0.533. The van der Waals surface area contributed by atoms with Gasteiger partial charge in [0.1, 0.15) is 12.1 Å². The molecule has 2 aliphatic rings. The highest BCUT2D eigenvalue weighted by Crippen LogP contribution is 2.35. The molecule has 2 aromatic rings. The van der Waals surface area contributed by atoms with Crippen LogP contribution in [0.1, 0.15) is 5.56 Å². The van der Waals surface area contributed by atoms with Crippen molar-refractivity contribution in [3.63, 3.8) is 0 Å². The van der Waals surface area contributed by atoms with E-state index < -0.39 is 0 Å². The van der Waals surface area contributed by atoms with Crippen molar-refractivity contribution in [3.05, 3.63) is 17.3 Å². The quantitative estimate of drug-likeness (QED) is 0.846. The molecule has 0 amide bonds. The lowest BCUT2D eigenvalue weighted by Gasteiger charge is -2.18. The summed E-state index contributed by atoms with van der Waals surface area (Å²) in [5.74, 6) is 2.75. The normalized spacial score (nSPS) is 27.1. The molecule has 0 unspecified atom stereocenters. The van der Waals surface area contributed by atoms with E-state index in [-0.39, 0.29) is 0 Å². The number of hydrogen-bond donors (Lipinski definition) is 1. The van der Waals surface area contributed by atoms with Gasteiger partial charge in [-0.2, -0.15) is 0 Å². The molecule has 4 heterocycles. The Morgan fingerprint density at radius 3 is 2.83 bits per heavy atom. The molecule has 2 aromatic heterocycles. The number of nitrogens with zero attached hydrogens (tertiary/aromatic N) is 3. The van der Waals surface area contributed by atoms with Gasteiger partial charge in [0.05, 0.1) is 10.2 Å². The van der Waals surface area contributed by atoms with E-state index in [4.69, 9.17) is 0 Å². The van der Waals surface area contributed by atoms with Gasteiger partial charge in [-0.3, -0.25) is 0 Å². The molecule has 94 valence electrons. The molecule has 1 N–H and O–H groups in total. The van der Waals surface area contributed by atoms with E-state index in [1.54, 1.807) is 17.7 Å². The largest absolute Gasteiger partial charge is 0.355 e. The van der Waals surface area contributed by atoms with Gasteiger partial charge in [0.25, 0.3) is 0 Å². The van der Waals surface area contributed by atoms with E-state index in [1.807, 2.05) is 0 Å². The zero-order valence-corrected chi connectivity index (χ0v) is 11.2. The Balaban J connectivity index is 1.75. The first-order chi connectivity index (χ1) is 8.83. The average Bonchev–Trinajstić information content (AvgIpc) is 3.03. The second-order valence-corrected chi connectivity index (χ2v) is 6.26. The fourth-order valence-electron chi connectivity index (χ4n) is 3.21. The van der Waals surface area contributed by atoms with Crippen LogP contribution in [0.15, 0.2) is 11.7 Å². The van der Waals surface area contributed by atoms with Crippen LogP contribution in [0.25, 0.3) is 10.2 Å². The molecule has 0 spiro atoms. The zero-order chi connectivity index (χ0) is 12.1. The molecular weight excluding hydrogens is 244 g/mol. The zero-order valence-electron chi connectivity index (χ0n) is 10.4. The molecule has 4 rings (SSSR count). The Morgan fingerprint density at radius 1 is 1.28 bits per heavy atom. The van der Waals surface area contributed by atoms with Crippen LogP contribution in [0, 0.1) is 18.8 Å². The number of aryl methyl sites for hydroxylation is 1. The number of thiophene rings is 1. The summed E-state index contributed by atoms with van der Waals surface area (Å²) < 4.78 is 1.25. The summed E-state index contributed by atoms with van der Waals surface area (Å²) in [5.41, 5.74) is 2.39. The summed E-state index contributed by atoms with van der Waals surface area (Å²) in [4.78, 5) is 11.4. The van der Waals surface area contributed by atoms with Gasteiger partial charge in [-0.15, -0.1) is 11.3 Å². The van der Waals surface area contributed by atoms with E-state index in [0.29, 0.717) is 0 Å². The Labute approximate surface area is 110 Å². The highest BCUT2D eigenvalue weighted by Gasteiger charge is 2.37. The Bertz CT molecular complexity index is 582. The minimum atomic E-state index is 0.802. The highest BCUT2D eigenvalue weighted by molar-refractivity contribution is 7.18. The number of rotatable bonds is 1. The summed E-state index contributed by atoms with van der Waals surface area (Å²) in [6.45, 7) is 6.73. The number of hydrogen-bond acceptors (Lipinski definition) is 5. The maximum absolute atomic E-state index is 4.53. The molecule has 2 fully saturated rings. The smallest absolute Gasteiger partial charge is 0.150 e. The molecule has 2 aliphatic heterocycles. The van der Waals surface area contributed by atoms with Crippen molar-refractivity contribution in [2.45, 2.75) is 6.92 Å².